The van der Waals surface area contributed by atoms with E-state index in [-0.39, 0.29) is 36.1 Å². The molecule has 134 valence electrons. The Balaban J connectivity index is 1.97. The van der Waals surface area contributed by atoms with Gasteiger partial charge in [0.2, 0.25) is 0 Å². The summed E-state index contributed by atoms with van der Waals surface area (Å²) in [5, 5.41) is 0. The molecule has 2 aliphatic rings. The smallest absolute Gasteiger partial charge is 0.151 e. The number of Topliss-reactive ketones (excluding diaryl/α,β-unsaturated/α-hetero) is 3. The lowest BCUT2D eigenvalue weighted by Gasteiger charge is -2.29. The van der Waals surface area contributed by atoms with Gasteiger partial charge in [-0.05, 0) is 43.9 Å². The summed E-state index contributed by atoms with van der Waals surface area (Å²) >= 11 is 0. The second kappa shape index (κ2) is 6.74. The molecule has 1 aliphatic heterocycles. The summed E-state index contributed by atoms with van der Waals surface area (Å²) in [4.78, 5) is 37.3. The van der Waals surface area contributed by atoms with E-state index in [1.54, 1.807) is 0 Å². The van der Waals surface area contributed by atoms with Gasteiger partial charge in [0, 0.05) is 42.7 Å². The van der Waals surface area contributed by atoms with E-state index in [0.717, 1.165) is 23.3 Å². The third-order valence-corrected chi connectivity index (χ3v) is 5.86. The average molecular weight is 342 g/mol. The summed E-state index contributed by atoms with van der Waals surface area (Å²) in [6.45, 7) is 8.78. The van der Waals surface area contributed by atoms with Crippen molar-refractivity contribution in [2.24, 2.45) is 5.92 Å². The molecule has 4 heteroatoms. The number of ketones is 3. The van der Waals surface area contributed by atoms with Crippen molar-refractivity contribution in [2.75, 3.05) is 6.61 Å². The minimum absolute atomic E-state index is 0.170. The molecule has 0 atom stereocenters. The number of hydrogen-bond donors (Lipinski definition) is 0. The van der Waals surface area contributed by atoms with Crippen LogP contribution in [0.1, 0.15) is 66.3 Å². The van der Waals surface area contributed by atoms with Gasteiger partial charge in [0.25, 0.3) is 0 Å². The molecule has 1 fully saturated rings. The van der Waals surface area contributed by atoms with Crippen LogP contribution in [0.4, 0.5) is 0 Å². The van der Waals surface area contributed by atoms with Crippen LogP contribution in [0.5, 0.6) is 5.75 Å². The topological polar surface area (TPSA) is 60.4 Å². The Morgan fingerprint density at radius 1 is 1.04 bits per heavy atom. The first-order valence-electron chi connectivity index (χ1n) is 9.20. The molecule has 4 nitrogen and oxygen atoms in total. The summed E-state index contributed by atoms with van der Waals surface area (Å²) in [6, 6.07) is 0. The summed E-state index contributed by atoms with van der Waals surface area (Å²) in [6.07, 6.45) is 2.35. The lowest BCUT2D eigenvalue weighted by molar-refractivity contribution is -0.142. The van der Waals surface area contributed by atoms with Crippen LogP contribution in [-0.4, -0.2) is 24.0 Å². The van der Waals surface area contributed by atoms with Gasteiger partial charge in [0.05, 0.1) is 6.61 Å². The number of carbonyl (C=O) groups is 3. The molecule has 0 bridgehead atoms. The van der Waals surface area contributed by atoms with E-state index in [1.807, 2.05) is 13.8 Å². The highest BCUT2D eigenvalue weighted by atomic mass is 16.5. The van der Waals surface area contributed by atoms with Crippen molar-refractivity contribution in [3.8, 4) is 5.75 Å². The van der Waals surface area contributed by atoms with E-state index in [0.29, 0.717) is 19.4 Å². The summed E-state index contributed by atoms with van der Waals surface area (Å²) in [7, 11) is 0. The number of fused-ring (bicyclic) bond motifs is 1. The number of ether oxygens (including phenoxy) is 1. The first kappa shape index (κ1) is 17.8. The Morgan fingerprint density at radius 3 is 2.28 bits per heavy atom. The van der Waals surface area contributed by atoms with E-state index in [4.69, 9.17) is 4.74 Å². The molecule has 0 aromatic heterocycles. The van der Waals surface area contributed by atoms with Gasteiger partial charge in [-0.2, -0.15) is 0 Å². The van der Waals surface area contributed by atoms with Gasteiger partial charge >= 0.3 is 0 Å². The number of carbonyl (C=O) groups excluding carboxylic acids is 3. The Kier molecular flexibility index (Phi) is 4.81. The highest BCUT2D eigenvalue weighted by Gasteiger charge is 2.41. The Bertz CT molecular complexity index is 742. The molecular weight excluding hydrogens is 316 g/mol. The molecule has 0 spiro atoms. The Hall–Kier alpha value is -1.97. The average Bonchev–Trinajstić information content (AvgIpc) is 3.02. The maximum absolute atomic E-state index is 12.6. The van der Waals surface area contributed by atoms with Crippen molar-refractivity contribution >= 4 is 17.3 Å². The minimum Gasteiger partial charge on any atom is -0.493 e. The second-order valence-corrected chi connectivity index (χ2v) is 7.38. The van der Waals surface area contributed by atoms with Crippen LogP contribution < -0.4 is 4.74 Å². The van der Waals surface area contributed by atoms with Gasteiger partial charge in [-0.15, -0.1) is 0 Å². The van der Waals surface area contributed by atoms with Crippen LogP contribution in [0.3, 0.4) is 0 Å². The third kappa shape index (κ3) is 2.92. The highest BCUT2D eigenvalue weighted by molar-refractivity contribution is 6.21. The van der Waals surface area contributed by atoms with Gasteiger partial charge < -0.3 is 4.74 Å². The predicted octanol–water partition coefficient (Wildman–Crippen LogP) is 3.55. The molecule has 0 unspecified atom stereocenters. The van der Waals surface area contributed by atoms with Crippen LogP contribution in [0.2, 0.25) is 0 Å². The first-order valence-corrected chi connectivity index (χ1v) is 9.20. The molecule has 0 saturated heterocycles. The van der Waals surface area contributed by atoms with Crippen molar-refractivity contribution in [2.45, 2.75) is 65.7 Å². The predicted molar refractivity (Wildman–Crippen MR) is 95.2 cm³/mol. The standard InChI is InChI=1S/C21H26O4/c1-5-6-16(22)20-17(23)9-14(10-18(20)24)19-13(4)11(2)12(3)15-7-8-25-21(15)19/h14,20H,5-10H2,1-4H3. The Morgan fingerprint density at radius 2 is 1.68 bits per heavy atom. The molecular formula is C21H26O4. The van der Waals surface area contributed by atoms with E-state index >= 15 is 0 Å². The van der Waals surface area contributed by atoms with E-state index in [1.165, 1.54) is 16.7 Å². The lowest BCUT2D eigenvalue weighted by atomic mass is 9.72. The van der Waals surface area contributed by atoms with E-state index in [2.05, 4.69) is 13.8 Å². The molecule has 0 N–H and O–H groups in total. The minimum atomic E-state index is -1.03. The largest absolute Gasteiger partial charge is 0.493 e. The number of benzene rings is 1. The zero-order valence-corrected chi connectivity index (χ0v) is 15.5. The SMILES string of the molecule is CCCC(=O)C1C(=O)CC(c2c(C)c(C)c(C)c3c2OCC3)CC1=O. The van der Waals surface area contributed by atoms with Crippen LogP contribution >= 0.6 is 0 Å². The van der Waals surface area contributed by atoms with Gasteiger partial charge in [-0.3, -0.25) is 14.4 Å². The van der Waals surface area contributed by atoms with Crippen LogP contribution in [0.25, 0.3) is 0 Å². The molecule has 1 aromatic rings. The van der Waals surface area contributed by atoms with Crippen molar-refractivity contribution in [1.29, 1.82) is 0 Å². The van der Waals surface area contributed by atoms with Crippen molar-refractivity contribution in [3.63, 3.8) is 0 Å². The number of rotatable bonds is 4. The zero-order valence-electron chi connectivity index (χ0n) is 15.5. The van der Waals surface area contributed by atoms with Crippen molar-refractivity contribution in [3.05, 3.63) is 27.8 Å². The quantitative estimate of drug-likeness (QED) is 0.785. The molecule has 3 rings (SSSR count). The van der Waals surface area contributed by atoms with Gasteiger partial charge in [-0.25, -0.2) is 0 Å². The molecule has 0 radical (unpaired) electrons. The van der Waals surface area contributed by atoms with Gasteiger partial charge in [0.15, 0.2) is 17.3 Å². The van der Waals surface area contributed by atoms with Gasteiger partial charge in [0.1, 0.15) is 11.7 Å². The second-order valence-electron chi connectivity index (χ2n) is 7.38. The van der Waals surface area contributed by atoms with Crippen LogP contribution in [-0.2, 0) is 20.8 Å². The fraction of sp³-hybridized carbons (Fsp3) is 0.571. The monoisotopic (exact) mass is 342 g/mol. The molecule has 1 saturated carbocycles. The summed E-state index contributed by atoms with van der Waals surface area (Å²) < 4.78 is 5.89. The molecule has 0 amide bonds. The maximum Gasteiger partial charge on any atom is 0.151 e. The molecule has 1 aliphatic carbocycles. The summed E-state index contributed by atoms with van der Waals surface area (Å²) in [5.74, 6) is -0.972. The molecule has 1 heterocycles. The molecule has 25 heavy (non-hydrogen) atoms. The maximum atomic E-state index is 12.6. The van der Waals surface area contributed by atoms with Crippen molar-refractivity contribution in [1.82, 2.24) is 0 Å². The zero-order chi connectivity index (χ0) is 18.3. The highest BCUT2D eigenvalue weighted by Crippen LogP contribution is 2.45. The van der Waals surface area contributed by atoms with E-state index in [9.17, 15) is 14.4 Å². The fourth-order valence-corrected chi connectivity index (χ4v) is 4.35. The van der Waals surface area contributed by atoms with Crippen LogP contribution in [0, 0.1) is 26.7 Å². The van der Waals surface area contributed by atoms with Gasteiger partial charge in [-0.1, -0.05) is 6.92 Å². The van der Waals surface area contributed by atoms with Crippen LogP contribution in [0.15, 0.2) is 0 Å². The normalized spacial score (nSPS) is 22.7. The van der Waals surface area contributed by atoms with Crippen molar-refractivity contribution < 1.29 is 19.1 Å². The summed E-state index contributed by atoms with van der Waals surface area (Å²) in [5.41, 5.74) is 5.80. The molecule has 1 aromatic carbocycles. The third-order valence-electron chi connectivity index (χ3n) is 5.86. The first-order chi connectivity index (χ1) is 11.9. The van der Waals surface area contributed by atoms with E-state index < -0.39 is 5.92 Å². The number of hydrogen-bond acceptors (Lipinski definition) is 4. The lowest BCUT2D eigenvalue weighted by Crippen LogP contribution is -2.38. The fourth-order valence-electron chi connectivity index (χ4n) is 4.35. The Labute approximate surface area is 148 Å².